The van der Waals surface area contributed by atoms with Crippen molar-refractivity contribution in [1.29, 1.82) is 0 Å². The maximum absolute atomic E-state index is 12.3. The number of hydrogen-bond donors (Lipinski definition) is 1. The molecule has 0 aliphatic heterocycles. The number of para-hydroxylation sites is 1. The zero-order chi connectivity index (χ0) is 15.2. The van der Waals surface area contributed by atoms with Crippen molar-refractivity contribution in [3.05, 3.63) is 65.2 Å². The number of carbonyl (C=O) groups is 1. The molecule has 1 atom stereocenters. The molecule has 0 saturated heterocycles. The van der Waals surface area contributed by atoms with E-state index in [1.807, 2.05) is 49.2 Å². The van der Waals surface area contributed by atoms with Gasteiger partial charge in [-0.1, -0.05) is 54.1 Å². The lowest BCUT2D eigenvalue weighted by molar-refractivity contribution is -0.120. The van der Waals surface area contributed by atoms with Crippen LogP contribution in [0.5, 0.6) is 0 Å². The number of amides is 1. The summed E-state index contributed by atoms with van der Waals surface area (Å²) in [4.78, 5) is 14.3. The predicted octanol–water partition coefficient (Wildman–Crippen LogP) is 3.80. The summed E-state index contributed by atoms with van der Waals surface area (Å²) in [6.45, 7) is 2.60. The molecule has 0 aliphatic carbocycles. The van der Waals surface area contributed by atoms with Gasteiger partial charge in [0.15, 0.2) is 0 Å². The van der Waals surface area contributed by atoms with Gasteiger partial charge in [0.25, 0.3) is 0 Å². The van der Waals surface area contributed by atoms with Crippen molar-refractivity contribution in [2.45, 2.75) is 19.5 Å². The Balaban J connectivity index is 1.97. The summed E-state index contributed by atoms with van der Waals surface area (Å²) >= 11 is 6.05. The van der Waals surface area contributed by atoms with Gasteiger partial charge >= 0.3 is 0 Å². The van der Waals surface area contributed by atoms with E-state index < -0.39 is 0 Å². The Morgan fingerprint density at radius 2 is 1.76 bits per heavy atom. The molecule has 2 aromatic carbocycles. The Kier molecular flexibility index (Phi) is 5.37. The molecular weight excluding hydrogens is 284 g/mol. The zero-order valence-electron chi connectivity index (χ0n) is 12.2. The fourth-order valence-corrected chi connectivity index (χ4v) is 2.19. The molecule has 1 N–H and O–H groups in total. The van der Waals surface area contributed by atoms with E-state index in [2.05, 4.69) is 17.4 Å². The van der Waals surface area contributed by atoms with Gasteiger partial charge in [0, 0.05) is 6.54 Å². The monoisotopic (exact) mass is 302 g/mol. The number of benzene rings is 2. The third-order valence-electron chi connectivity index (χ3n) is 3.45. The molecular formula is C17H19ClN2O. The normalized spacial score (nSPS) is 12.2. The minimum absolute atomic E-state index is 0.0680. The predicted molar refractivity (Wildman–Crippen MR) is 87.5 cm³/mol. The van der Waals surface area contributed by atoms with Crippen molar-refractivity contribution in [1.82, 2.24) is 4.90 Å². The van der Waals surface area contributed by atoms with E-state index in [0.29, 0.717) is 10.7 Å². The molecule has 110 valence electrons. The fraction of sp³-hybridized carbons (Fsp3) is 0.235. The summed E-state index contributed by atoms with van der Waals surface area (Å²) in [5.41, 5.74) is 1.82. The van der Waals surface area contributed by atoms with Crippen LogP contribution in [0.3, 0.4) is 0 Å². The van der Waals surface area contributed by atoms with E-state index in [1.54, 1.807) is 12.1 Å². The Morgan fingerprint density at radius 3 is 2.43 bits per heavy atom. The summed E-state index contributed by atoms with van der Waals surface area (Å²) in [7, 11) is 1.93. The van der Waals surface area contributed by atoms with Crippen LogP contribution in [0.1, 0.15) is 12.5 Å². The molecule has 0 bridgehead atoms. The minimum Gasteiger partial charge on any atom is -0.323 e. The van der Waals surface area contributed by atoms with Crippen LogP contribution in [0.15, 0.2) is 54.6 Å². The van der Waals surface area contributed by atoms with Crippen molar-refractivity contribution < 1.29 is 4.79 Å². The van der Waals surface area contributed by atoms with Gasteiger partial charge in [0.1, 0.15) is 0 Å². The van der Waals surface area contributed by atoms with E-state index in [1.165, 1.54) is 5.56 Å². The molecule has 2 rings (SSSR count). The Labute approximate surface area is 130 Å². The molecule has 4 heteroatoms. The lowest BCUT2D eigenvalue weighted by Gasteiger charge is -2.24. The summed E-state index contributed by atoms with van der Waals surface area (Å²) in [6, 6.07) is 17.1. The van der Waals surface area contributed by atoms with Crippen molar-refractivity contribution >= 4 is 23.2 Å². The van der Waals surface area contributed by atoms with Gasteiger partial charge in [-0.05, 0) is 31.7 Å². The van der Waals surface area contributed by atoms with Crippen LogP contribution >= 0.6 is 11.6 Å². The molecule has 0 spiro atoms. The first-order valence-electron chi connectivity index (χ1n) is 6.87. The second kappa shape index (κ2) is 7.25. The second-order valence-corrected chi connectivity index (χ2v) is 5.45. The number of halogens is 1. The number of hydrogen-bond acceptors (Lipinski definition) is 2. The SMILES string of the molecule is C[C@@H](C(=O)Nc1ccccc1Cl)N(C)Cc1ccccc1. The molecule has 3 nitrogen and oxygen atoms in total. The van der Waals surface area contributed by atoms with E-state index in [-0.39, 0.29) is 11.9 Å². The smallest absolute Gasteiger partial charge is 0.241 e. The van der Waals surface area contributed by atoms with Crippen LogP contribution in [-0.2, 0) is 11.3 Å². The highest BCUT2D eigenvalue weighted by molar-refractivity contribution is 6.33. The lowest BCUT2D eigenvalue weighted by Crippen LogP contribution is -2.39. The first-order valence-corrected chi connectivity index (χ1v) is 7.25. The van der Waals surface area contributed by atoms with E-state index >= 15 is 0 Å². The van der Waals surface area contributed by atoms with E-state index in [0.717, 1.165) is 6.54 Å². The molecule has 0 heterocycles. The molecule has 0 radical (unpaired) electrons. The number of carbonyl (C=O) groups excluding carboxylic acids is 1. The highest BCUT2D eigenvalue weighted by atomic mass is 35.5. The van der Waals surface area contributed by atoms with E-state index in [9.17, 15) is 4.79 Å². The third-order valence-corrected chi connectivity index (χ3v) is 3.78. The number of nitrogens with zero attached hydrogens (tertiary/aromatic N) is 1. The van der Waals surface area contributed by atoms with Crippen molar-refractivity contribution in [3.8, 4) is 0 Å². The number of likely N-dealkylation sites (N-methyl/N-ethyl adjacent to an activating group) is 1. The van der Waals surface area contributed by atoms with Gasteiger partial charge in [0.05, 0.1) is 16.8 Å². The van der Waals surface area contributed by atoms with Gasteiger partial charge in [0.2, 0.25) is 5.91 Å². The van der Waals surface area contributed by atoms with Crippen molar-refractivity contribution in [3.63, 3.8) is 0 Å². The summed E-state index contributed by atoms with van der Waals surface area (Å²) in [5.74, 6) is -0.0680. The fourth-order valence-electron chi connectivity index (χ4n) is 2.01. The van der Waals surface area contributed by atoms with Crippen molar-refractivity contribution in [2.24, 2.45) is 0 Å². The summed E-state index contributed by atoms with van der Waals surface area (Å²) < 4.78 is 0. The quantitative estimate of drug-likeness (QED) is 0.911. The summed E-state index contributed by atoms with van der Waals surface area (Å²) in [5, 5.41) is 3.41. The molecule has 0 aliphatic rings. The third kappa shape index (κ3) is 4.31. The van der Waals surface area contributed by atoms with Crippen LogP contribution in [0.4, 0.5) is 5.69 Å². The van der Waals surface area contributed by atoms with Crippen LogP contribution in [0.2, 0.25) is 5.02 Å². The number of rotatable bonds is 5. The molecule has 0 saturated carbocycles. The van der Waals surface area contributed by atoms with Gasteiger partial charge < -0.3 is 5.32 Å². The highest BCUT2D eigenvalue weighted by Gasteiger charge is 2.18. The molecule has 21 heavy (non-hydrogen) atoms. The average molecular weight is 303 g/mol. The Morgan fingerprint density at radius 1 is 1.14 bits per heavy atom. The van der Waals surface area contributed by atoms with Crippen LogP contribution in [0.25, 0.3) is 0 Å². The van der Waals surface area contributed by atoms with E-state index in [4.69, 9.17) is 11.6 Å². The van der Waals surface area contributed by atoms with Gasteiger partial charge in [-0.15, -0.1) is 0 Å². The Hall–Kier alpha value is -1.84. The second-order valence-electron chi connectivity index (χ2n) is 5.05. The first-order chi connectivity index (χ1) is 10.1. The van der Waals surface area contributed by atoms with Crippen LogP contribution in [0, 0.1) is 0 Å². The van der Waals surface area contributed by atoms with Crippen LogP contribution in [-0.4, -0.2) is 23.9 Å². The Bertz CT molecular complexity index is 601. The van der Waals surface area contributed by atoms with Gasteiger partial charge in [-0.2, -0.15) is 0 Å². The molecule has 0 aromatic heterocycles. The standard InChI is InChI=1S/C17H19ClN2O/c1-13(20(2)12-14-8-4-3-5-9-14)17(21)19-16-11-7-6-10-15(16)18/h3-11,13H,12H2,1-2H3,(H,19,21)/t13-/m0/s1. The van der Waals surface area contributed by atoms with Gasteiger partial charge in [-0.3, -0.25) is 9.69 Å². The topological polar surface area (TPSA) is 32.3 Å². The number of nitrogens with one attached hydrogen (secondary N) is 1. The largest absolute Gasteiger partial charge is 0.323 e. The minimum atomic E-state index is -0.249. The molecule has 0 fully saturated rings. The summed E-state index contributed by atoms with van der Waals surface area (Å²) in [6.07, 6.45) is 0. The average Bonchev–Trinajstić information content (AvgIpc) is 2.49. The highest BCUT2D eigenvalue weighted by Crippen LogP contribution is 2.21. The number of anilines is 1. The van der Waals surface area contributed by atoms with Gasteiger partial charge in [-0.25, -0.2) is 0 Å². The zero-order valence-corrected chi connectivity index (χ0v) is 13.0. The molecule has 2 aromatic rings. The molecule has 1 amide bonds. The maximum atomic E-state index is 12.3. The van der Waals surface area contributed by atoms with Crippen molar-refractivity contribution in [2.75, 3.05) is 12.4 Å². The lowest BCUT2D eigenvalue weighted by atomic mass is 10.2. The van der Waals surface area contributed by atoms with Crippen LogP contribution < -0.4 is 5.32 Å². The maximum Gasteiger partial charge on any atom is 0.241 e. The molecule has 0 unspecified atom stereocenters. The first kappa shape index (κ1) is 15.5.